The lowest BCUT2D eigenvalue weighted by atomic mass is 10.3. The molecule has 3 rings (SSSR count). The van der Waals surface area contributed by atoms with E-state index in [1.807, 2.05) is 36.4 Å². The standard InChI is InChI=1S/C15H11BrN4O2/c16-10-5-1-2-6-11(10)18-19-15-12(9-14(21)22)17-13-7-3-4-8-20(13)15/h1-8H,9H2,(H,21,22). The third-order valence-corrected chi connectivity index (χ3v) is 3.67. The lowest BCUT2D eigenvalue weighted by Crippen LogP contribution is -2.00. The molecule has 2 heterocycles. The number of aliphatic carboxylic acids is 1. The topological polar surface area (TPSA) is 79.3 Å². The molecule has 0 spiro atoms. The number of benzene rings is 1. The summed E-state index contributed by atoms with van der Waals surface area (Å²) in [6, 6.07) is 12.9. The summed E-state index contributed by atoms with van der Waals surface area (Å²) in [4.78, 5) is 15.3. The summed E-state index contributed by atoms with van der Waals surface area (Å²) in [5, 5.41) is 17.4. The molecule has 0 amide bonds. The molecule has 0 bridgehead atoms. The highest BCUT2D eigenvalue weighted by atomic mass is 79.9. The Hall–Kier alpha value is -2.54. The van der Waals surface area contributed by atoms with Crippen molar-refractivity contribution in [1.29, 1.82) is 0 Å². The van der Waals surface area contributed by atoms with Crippen LogP contribution in [0.4, 0.5) is 11.5 Å². The zero-order valence-electron chi connectivity index (χ0n) is 11.3. The monoisotopic (exact) mass is 358 g/mol. The summed E-state index contributed by atoms with van der Waals surface area (Å²) < 4.78 is 2.53. The number of aromatic nitrogens is 2. The Kier molecular flexibility index (Phi) is 3.97. The summed E-state index contributed by atoms with van der Waals surface area (Å²) in [6.45, 7) is 0. The fourth-order valence-electron chi connectivity index (χ4n) is 2.03. The first-order chi connectivity index (χ1) is 10.6. The molecule has 0 unspecified atom stereocenters. The molecule has 7 heteroatoms. The molecule has 0 saturated carbocycles. The number of nitrogens with zero attached hydrogens (tertiary/aromatic N) is 4. The molecule has 6 nitrogen and oxygen atoms in total. The third-order valence-electron chi connectivity index (χ3n) is 3.00. The average Bonchev–Trinajstić information content (AvgIpc) is 2.83. The summed E-state index contributed by atoms with van der Waals surface area (Å²) in [7, 11) is 0. The fraction of sp³-hybridized carbons (Fsp3) is 0.0667. The van der Waals surface area contributed by atoms with Crippen molar-refractivity contribution in [2.45, 2.75) is 6.42 Å². The van der Waals surface area contributed by atoms with Gasteiger partial charge in [-0.1, -0.05) is 18.2 Å². The smallest absolute Gasteiger partial charge is 0.309 e. The number of fused-ring (bicyclic) bond motifs is 1. The minimum absolute atomic E-state index is 0.202. The first kappa shape index (κ1) is 14.4. The van der Waals surface area contributed by atoms with Crippen molar-refractivity contribution < 1.29 is 9.90 Å². The van der Waals surface area contributed by atoms with Crippen LogP contribution in [-0.4, -0.2) is 20.5 Å². The summed E-state index contributed by atoms with van der Waals surface area (Å²) in [5.74, 6) is -0.533. The van der Waals surface area contributed by atoms with Crippen LogP contribution in [0.3, 0.4) is 0 Å². The number of azo groups is 1. The van der Waals surface area contributed by atoms with Gasteiger partial charge in [0.25, 0.3) is 0 Å². The Morgan fingerprint density at radius 2 is 1.95 bits per heavy atom. The van der Waals surface area contributed by atoms with Gasteiger partial charge in [-0.3, -0.25) is 9.20 Å². The number of imidazole rings is 1. The molecule has 1 N–H and O–H groups in total. The van der Waals surface area contributed by atoms with Crippen LogP contribution in [0.5, 0.6) is 0 Å². The molecule has 0 aliphatic heterocycles. The molecule has 0 saturated heterocycles. The highest BCUT2D eigenvalue weighted by Crippen LogP contribution is 2.28. The van der Waals surface area contributed by atoms with Crippen LogP contribution in [-0.2, 0) is 11.2 Å². The van der Waals surface area contributed by atoms with Gasteiger partial charge in [0, 0.05) is 10.7 Å². The number of carboxylic acid groups (broad SMARTS) is 1. The average molecular weight is 359 g/mol. The van der Waals surface area contributed by atoms with E-state index in [2.05, 4.69) is 31.1 Å². The molecule has 0 radical (unpaired) electrons. The number of pyridine rings is 1. The van der Waals surface area contributed by atoms with Crippen LogP contribution in [0.2, 0.25) is 0 Å². The van der Waals surface area contributed by atoms with E-state index in [9.17, 15) is 4.79 Å². The van der Waals surface area contributed by atoms with Gasteiger partial charge in [0.2, 0.25) is 0 Å². The van der Waals surface area contributed by atoms with Crippen molar-refractivity contribution in [2.75, 3.05) is 0 Å². The first-order valence-electron chi connectivity index (χ1n) is 6.49. The molecule has 1 aromatic carbocycles. The quantitative estimate of drug-likeness (QED) is 0.711. The molecule has 3 aromatic rings. The second-order valence-electron chi connectivity index (χ2n) is 4.53. The van der Waals surface area contributed by atoms with Crippen molar-refractivity contribution in [2.24, 2.45) is 10.2 Å². The number of carbonyl (C=O) groups is 1. The van der Waals surface area contributed by atoms with E-state index in [4.69, 9.17) is 5.11 Å². The van der Waals surface area contributed by atoms with Crippen molar-refractivity contribution in [3.05, 3.63) is 58.8 Å². The molecule has 2 aromatic heterocycles. The van der Waals surface area contributed by atoms with Crippen LogP contribution in [0.25, 0.3) is 5.65 Å². The maximum Gasteiger partial charge on any atom is 0.309 e. The Morgan fingerprint density at radius 1 is 1.18 bits per heavy atom. The van der Waals surface area contributed by atoms with Gasteiger partial charge in [-0.25, -0.2) is 4.98 Å². The summed E-state index contributed by atoms with van der Waals surface area (Å²) in [5.41, 5.74) is 1.68. The Bertz CT molecular complexity index is 873. The van der Waals surface area contributed by atoms with E-state index in [0.29, 0.717) is 22.8 Å². The Labute approximate surface area is 134 Å². The van der Waals surface area contributed by atoms with Crippen LogP contribution in [0, 0.1) is 0 Å². The number of halogens is 1. The Balaban J connectivity index is 2.08. The molecule has 22 heavy (non-hydrogen) atoms. The fourth-order valence-corrected chi connectivity index (χ4v) is 2.40. The number of hydrogen-bond acceptors (Lipinski definition) is 4. The van der Waals surface area contributed by atoms with Crippen molar-refractivity contribution in [3.63, 3.8) is 0 Å². The van der Waals surface area contributed by atoms with E-state index in [1.165, 1.54) is 0 Å². The third kappa shape index (κ3) is 2.89. The van der Waals surface area contributed by atoms with Gasteiger partial charge in [0.15, 0.2) is 5.82 Å². The van der Waals surface area contributed by atoms with E-state index in [1.54, 1.807) is 16.7 Å². The zero-order chi connectivity index (χ0) is 15.5. The highest BCUT2D eigenvalue weighted by molar-refractivity contribution is 9.10. The Morgan fingerprint density at radius 3 is 2.73 bits per heavy atom. The number of hydrogen-bond donors (Lipinski definition) is 1. The largest absolute Gasteiger partial charge is 0.481 e. The van der Waals surface area contributed by atoms with Crippen LogP contribution in [0.15, 0.2) is 63.4 Å². The van der Waals surface area contributed by atoms with Crippen LogP contribution in [0.1, 0.15) is 5.69 Å². The second kappa shape index (κ2) is 6.07. The normalized spacial score (nSPS) is 11.3. The van der Waals surface area contributed by atoms with Gasteiger partial charge in [0.05, 0.1) is 17.8 Å². The maximum atomic E-state index is 11.0. The predicted octanol–water partition coefficient (Wildman–Crippen LogP) is 4.14. The van der Waals surface area contributed by atoms with Gasteiger partial charge in [0.1, 0.15) is 5.65 Å². The summed E-state index contributed by atoms with van der Waals surface area (Å²) in [6.07, 6.45) is 1.58. The lowest BCUT2D eigenvalue weighted by molar-refractivity contribution is -0.136. The van der Waals surface area contributed by atoms with Gasteiger partial charge in [-0.05, 0) is 40.2 Å². The SMILES string of the molecule is O=C(O)Cc1nc2ccccn2c1N=Nc1ccccc1Br. The molecule has 110 valence electrons. The van der Waals surface area contributed by atoms with E-state index < -0.39 is 5.97 Å². The van der Waals surface area contributed by atoms with Crippen molar-refractivity contribution in [3.8, 4) is 0 Å². The van der Waals surface area contributed by atoms with E-state index >= 15 is 0 Å². The molecule has 0 fully saturated rings. The highest BCUT2D eigenvalue weighted by Gasteiger charge is 2.14. The van der Waals surface area contributed by atoms with E-state index in [-0.39, 0.29) is 6.42 Å². The molecule has 0 atom stereocenters. The van der Waals surface area contributed by atoms with Crippen molar-refractivity contribution >= 4 is 39.1 Å². The van der Waals surface area contributed by atoms with Crippen LogP contribution < -0.4 is 0 Å². The van der Waals surface area contributed by atoms with E-state index in [0.717, 1.165) is 4.47 Å². The molecular weight excluding hydrogens is 348 g/mol. The second-order valence-corrected chi connectivity index (χ2v) is 5.39. The van der Waals surface area contributed by atoms with Crippen LogP contribution >= 0.6 is 15.9 Å². The molecule has 0 aliphatic carbocycles. The zero-order valence-corrected chi connectivity index (χ0v) is 12.9. The van der Waals surface area contributed by atoms with Gasteiger partial charge in [-0.2, -0.15) is 0 Å². The van der Waals surface area contributed by atoms with Gasteiger partial charge < -0.3 is 5.11 Å². The molecule has 0 aliphatic rings. The maximum absolute atomic E-state index is 11.0. The van der Waals surface area contributed by atoms with Gasteiger partial charge >= 0.3 is 5.97 Å². The minimum atomic E-state index is -0.958. The predicted molar refractivity (Wildman–Crippen MR) is 84.8 cm³/mol. The van der Waals surface area contributed by atoms with Gasteiger partial charge in [-0.15, -0.1) is 10.2 Å². The number of carboxylic acids is 1. The number of rotatable bonds is 4. The summed E-state index contributed by atoms with van der Waals surface area (Å²) >= 11 is 3.40. The molecular formula is C15H11BrN4O2. The minimum Gasteiger partial charge on any atom is -0.481 e. The van der Waals surface area contributed by atoms with Crippen molar-refractivity contribution in [1.82, 2.24) is 9.38 Å². The first-order valence-corrected chi connectivity index (χ1v) is 7.28. The lowest BCUT2D eigenvalue weighted by Gasteiger charge is -1.98.